The van der Waals surface area contributed by atoms with Crippen molar-refractivity contribution in [3.05, 3.63) is 72.5 Å². The number of nitrogens with zero attached hydrogens (tertiary/aromatic N) is 4. The molecule has 0 bridgehead atoms. The molecule has 0 radical (unpaired) electrons. The van der Waals surface area contributed by atoms with Crippen LogP contribution in [0.3, 0.4) is 0 Å². The van der Waals surface area contributed by atoms with Gasteiger partial charge in [0.2, 0.25) is 5.91 Å². The van der Waals surface area contributed by atoms with Gasteiger partial charge in [-0.05, 0) is 55.7 Å². The summed E-state index contributed by atoms with van der Waals surface area (Å²) >= 11 is 5.29. The van der Waals surface area contributed by atoms with Crippen LogP contribution in [-0.4, -0.2) is 44.1 Å². The standard InChI is InChI=1S/C17H13N5O.C8H12ClNO/c18-16-14-15(21-22-17(14)20-10-19-16)11-6-8-13(9-7-11)23-12-4-2-1-3-5-12;9-5-4-8(11)10-6-2-1-3-7-10/h1-10H,(H3,18,19,20,21,22);4-5H,1-3,6-7H2/b;5-4+. The minimum Gasteiger partial charge on any atom is -0.457 e. The molecule has 0 aliphatic carbocycles. The number of nitrogens with one attached hydrogen (secondary N) is 1. The number of carbonyl (C=O) groups excluding carboxylic acids is 1. The Bertz CT molecular complexity index is 1250. The van der Waals surface area contributed by atoms with Crippen LogP contribution >= 0.6 is 11.6 Å². The molecule has 174 valence electrons. The minimum absolute atomic E-state index is 0.0414. The van der Waals surface area contributed by atoms with Crippen molar-refractivity contribution in [1.82, 2.24) is 25.1 Å². The number of aromatic nitrogens is 4. The van der Waals surface area contributed by atoms with Crippen LogP contribution in [0.15, 0.2) is 72.5 Å². The van der Waals surface area contributed by atoms with Crippen molar-refractivity contribution in [2.75, 3.05) is 18.8 Å². The van der Waals surface area contributed by atoms with E-state index in [-0.39, 0.29) is 5.91 Å². The molecule has 1 amide bonds. The van der Waals surface area contributed by atoms with Gasteiger partial charge in [-0.3, -0.25) is 9.89 Å². The maximum atomic E-state index is 11.2. The number of anilines is 1. The van der Waals surface area contributed by atoms with Crippen LogP contribution in [0, 0.1) is 0 Å². The first-order valence-electron chi connectivity index (χ1n) is 11.0. The smallest absolute Gasteiger partial charge is 0.247 e. The van der Waals surface area contributed by atoms with E-state index in [1.165, 1.54) is 24.4 Å². The van der Waals surface area contributed by atoms with Crippen LogP contribution < -0.4 is 10.5 Å². The highest BCUT2D eigenvalue weighted by molar-refractivity contribution is 6.26. The number of benzene rings is 2. The van der Waals surface area contributed by atoms with E-state index in [1.54, 1.807) is 0 Å². The second-order valence-electron chi connectivity index (χ2n) is 7.67. The summed E-state index contributed by atoms with van der Waals surface area (Å²) in [6, 6.07) is 17.3. The van der Waals surface area contributed by atoms with E-state index in [2.05, 4.69) is 20.2 Å². The number of amides is 1. The van der Waals surface area contributed by atoms with Crippen LogP contribution in [-0.2, 0) is 4.79 Å². The van der Waals surface area contributed by atoms with E-state index in [9.17, 15) is 4.79 Å². The number of fused-ring (bicyclic) bond motifs is 1. The third-order valence-corrected chi connectivity index (χ3v) is 5.50. The molecule has 1 aliphatic rings. The van der Waals surface area contributed by atoms with Gasteiger partial charge in [-0.15, -0.1) is 0 Å². The van der Waals surface area contributed by atoms with E-state index in [0.717, 1.165) is 54.1 Å². The van der Waals surface area contributed by atoms with Crippen LogP contribution in [0.2, 0.25) is 0 Å². The van der Waals surface area contributed by atoms with Crippen LogP contribution in [0.1, 0.15) is 19.3 Å². The number of hydrogen-bond donors (Lipinski definition) is 2. The fraction of sp³-hybridized carbons (Fsp3) is 0.200. The first kappa shape index (κ1) is 23.3. The van der Waals surface area contributed by atoms with Gasteiger partial charge in [0.1, 0.15) is 23.6 Å². The number of carbonyl (C=O) groups is 1. The summed E-state index contributed by atoms with van der Waals surface area (Å²) in [6.07, 6.45) is 6.31. The normalized spacial score (nSPS) is 13.5. The SMILES string of the molecule is Nc1ncnc2n[nH]c(-c3ccc(Oc4ccccc4)cc3)c12.O=C(/C=C/Cl)N1CCCCC1. The summed E-state index contributed by atoms with van der Waals surface area (Å²) in [5.41, 5.74) is 9.50. The summed E-state index contributed by atoms with van der Waals surface area (Å²) < 4.78 is 5.79. The van der Waals surface area contributed by atoms with Gasteiger partial charge in [0.15, 0.2) is 5.65 Å². The van der Waals surface area contributed by atoms with Crippen molar-refractivity contribution in [3.8, 4) is 22.8 Å². The van der Waals surface area contributed by atoms with Gasteiger partial charge in [-0.25, -0.2) is 9.97 Å². The molecule has 8 nitrogen and oxygen atoms in total. The third kappa shape index (κ3) is 5.71. The number of piperidine rings is 1. The highest BCUT2D eigenvalue weighted by atomic mass is 35.5. The molecule has 4 aromatic rings. The van der Waals surface area contributed by atoms with Crippen molar-refractivity contribution in [1.29, 1.82) is 0 Å². The highest BCUT2D eigenvalue weighted by Crippen LogP contribution is 2.30. The molecule has 1 aliphatic heterocycles. The van der Waals surface area contributed by atoms with Crippen LogP contribution in [0.5, 0.6) is 11.5 Å². The molecule has 3 heterocycles. The lowest BCUT2D eigenvalue weighted by atomic mass is 10.1. The van der Waals surface area contributed by atoms with Crippen LogP contribution in [0.25, 0.3) is 22.3 Å². The Hall–Kier alpha value is -3.91. The molecule has 9 heteroatoms. The Balaban J connectivity index is 0.000000210. The number of H-pyrrole nitrogens is 1. The number of nitrogen functional groups attached to an aromatic ring is 1. The van der Waals surface area contributed by atoms with Crippen molar-refractivity contribution >= 4 is 34.4 Å². The number of aromatic amines is 1. The van der Waals surface area contributed by atoms with Gasteiger partial charge >= 0.3 is 0 Å². The monoisotopic (exact) mass is 476 g/mol. The van der Waals surface area contributed by atoms with E-state index >= 15 is 0 Å². The number of rotatable bonds is 4. The van der Waals surface area contributed by atoms with E-state index < -0.39 is 0 Å². The molecule has 0 saturated carbocycles. The summed E-state index contributed by atoms with van der Waals surface area (Å²) in [5.74, 6) is 2.00. The lowest BCUT2D eigenvalue weighted by molar-refractivity contribution is -0.126. The fourth-order valence-corrected chi connectivity index (χ4v) is 3.78. The Morgan fingerprint density at radius 2 is 1.71 bits per heavy atom. The van der Waals surface area contributed by atoms with Gasteiger partial charge in [0.05, 0.1) is 11.1 Å². The summed E-state index contributed by atoms with van der Waals surface area (Å²) in [5, 5.41) is 7.85. The Morgan fingerprint density at radius 3 is 2.41 bits per heavy atom. The average Bonchev–Trinajstić information content (AvgIpc) is 3.32. The molecule has 2 aromatic heterocycles. The van der Waals surface area contributed by atoms with Crippen LogP contribution in [0.4, 0.5) is 5.82 Å². The molecule has 34 heavy (non-hydrogen) atoms. The van der Waals surface area contributed by atoms with E-state index in [4.69, 9.17) is 22.1 Å². The maximum Gasteiger partial charge on any atom is 0.247 e. The van der Waals surface area contributed by atoms with E-state index in [0.29, 0.717) is 11.5 Å². The zero-order valence-electron chi connectivity index (χ0n) is 18.5. The number of likely N-dealkylation sites (tertiary alicyclic amines) is 1. The van der Waals surface area contributed by atoms with Crippen molar-refractivity contribution < 1.29 is 9.53 Å². The topological polar surface area (TPSA) is 110 Å². The molecule has 3 N–H and O–H groups in total. The Kier molecular flexibility index (Phi) is 7.72. The second-order valence-corrected chi connectivity index (χ2v) is 7.93. The van der Waals surface area contributed by atoms with Crippen molar-refractivity contribution in [2.24, 2.45) is 0 Å². The number of ether oxygens (including phenoxy) is 1. The molecule has 0 spiro atoms. The summed E-state index contributed by atoms with van der Waals surface area (Å²) in [6.45, 7) is 1.78. The molecule has 0 unspecified atom stereocenters. The quantitative estimate of drug-likeness (QED) is 0.394. The zero-order chi connectivity index (χ0) is 23.8. The largest absolute Gasteiger partial charge is 0.457 e. The van der Waals surface area contributed by atoms with Gasteiger partial charge in [-0.1, -0.05) is 29.8 Å². The third-order valence-electron chi connectivity index (χ3n) is 5.38. The van der Waals surface area contributed by atoms with Crippen molar-refractivity contribution in [2.45, 2.75) is 19.3 Å². The lowest BCUT2D eigenvalue weighted by Crippen LogP contribution is -2.34. The molecule has 0 atom stereocenters. The van der Waals surface area contributed by atoms with Gasteiger partial charge in [-0.2, -0.15) is 5.10 Å². The zero-order valence-corrected chi connectivity index (χ0v) is 19.3. The molecule has 2 aromatic carbocycles. The average molecular weight is 477 g/mol. The van der Waals surface area contributed by atoms with Crippen molar-refractivity contribution in [3.63, 3.8) is 0 Å². The Morgan fingerprint density at radius 1 is 1.00 bits per heavy atom. The predicted molar refractivity (Wildman–Crippen MR) is 133 cm³/mol. The van der Waals surface area contributed by atoms with Gasteiger partial charge in [0, 0.05) is 30.3 Å². The Labute approximate surface area is 202 Å². The van der Waals surface area contributed by atoms with Gasteiger partial charge in [0.25, 0.3) is 0 Å². The van der Waals surface area contributed by atoms with E-state index in [1.807, 2.05) is 59.5 Å². The highest BCUT2D eigenvalue weighted by Gasteiger charge is 2.13. The second kappa shape index (κ2) is 11.3. The maximum absolute atomic E-state index is 11.2. The first-order chi connectivity index (χ1) is 16.7. The number of para-hydroxylation sites is 1. The lowest BCUT2D eigenvalue weighted by Gasteiger charge is -2.25. The molecular weight excluding hydrogens is 452 g/mol. The number of halogens is 1. The predicted octanol–water partition coefficient (Wildman–Crippen LogP) is 5.15. The number of nitrogens with two attached hydrogens (primary N) is 1. The first-order valence-corrected chi connectivity index (χ1v) is 11.4. The van der Waals surface area contributed by atoms with Gasteiger partial charge < -0.3 is 15.4 Å². The molecule has 1 fully saturated rings. The minimum atomic E-state index is 0.0414. The summed E-state index contributed by atoms with van der Waals surface area (Å²) in [4.78, 5) is 21.1. The summed E-state index contributed by atoms with van der Waals surface area (Å²) in [7, 11) is 0. The molecule has 5 rings (SSSR count). The molecule has 1 saturated heterocycles. The molecular formula is C25H25ClN6O2. The number of hydrogen-bond acceptors (Lipinski definition) is 6. The fourth-order valence-electron chi connectivity index (χ4n) is 3.68.